The van der Waals surface area contributed by atoms with Gasteiger partial charge >= 0.3 is 0 Å². The van der Waals surface area contributed by atoms with E-state index in [1.165, 1.54) is 16.8 Å². The number of aromatic nitrogens is 1. The molecule has 1 heterocycles. The minimum absolute atomic E-state index is 0.0101. The van der Waals surface area contributed by atoms with Crippen LogP contribution in [0.1, 0.15) is 16.1 Å². The lowest BCUT2D eigenvalue weighted by Crippen LogP contribution is -2.28. The first-order valence-electron chi connectivity index (χ1n) is 6.95. The average molecular weight is 337 g/mol. The molecule has 0 aliphatic heterocycles. The van der Waals surface area contributed by atoms with Crippen LogP contribution in [0.3, 0.4) is 0 Å². The van der Waals surface area contributed by atoms with Gasteiger partial charge in [0.25, 0.3) is 5.91 Å². The number of amides is 1. The number of rotatable bonds is 7. The van der Waals surface area contributed by atoms with Crippen molar-refractivity contribution in [1.29, 1.82) is 0 Å². The first-order valence-corrected chi connectivity index (χ1v) is 8.43. The van der Waals surface area contributed by atoms with Crippen LogP contribution in [-0.2, 0) is 17.1 Å². The second-order valence-corrected chi connectivity index (χ2v) is 6.86. The molecule has 7 nitrogen and oxygen atoms in total. The van der Waals surface area contributed by atoms with Crippen LogP contribution in [0.15, 0.2) is 41.4 Å². The molecule has 0 fully saturated rings. The van der Waals surface area contributed by atoms with Crippen molar-refractivity contribution >= 4 is 15.9 Å². The van der Waals surface area contributed by atoms with E-state index < -0.39 is 15.9 Å². The maximum atomic E-state index is 12.1. The minimum Gasteiger partial charge on any atom is -0.492 e. The number of carbonyl (C=O) groups is 1. The summed E-state index contributed by atoms with van der Waals surface area (Å²) in [6.45, 7) is 2.27. The van der Waals surface area contributed by atoms with Gasteiger partial charge in [0.2, 0.25) is 10.0 Å². The Hall–Kier alpha value is -2.32. The van der Waals surface area contributed by atoms with E-state index in [1.807, 2.05) is 31.2 Å². The molecule has 0 unspecified atom stereocenters. The SMILES string of the molecule is Cc1ccc(OCCNS(=O)(=O)c2cc(C(N)=O)n(C)c2)cc1. The highest BCUT2D eigenvalue weighted by Gasteiger charge is 2.18. The van der Waals surface area contributed by atoms with E-state index in [4.69, 9.17) is 10.5 Å². The highest BCUT2D eigenvalue weighted by atomic mass is 32.2. The lowest BCUT2D eigenvalue weighted by atomic mass is 10.2. The van der Waals surface area contributed by atoms with E-state index in [1.54, 1.807) is 7.05 Å². The molecule has 0 saturated carbocycles. The summed E-state index contributed by atoms with van der Waals surface area (Å²) < 4.78 is 33.5. The number of primary amides is 1. The molecule has 0 aliphatic rings. The Kier molecular flexibility index (Phi) is 5.07. The van der Waals surface area contributed by atoms with Crippen LogP contribution in [0.4, 0.5) is 0 Å². The van der Waals surface area contributed by atoms with Crippen molar-refractivity contribution in [1.82, 2.24) is 9.29 Å². The topological polar surface area (TPSA) is 103 Å². The van der Waals surface area contributed by atoms with Crippen LogP contribution in [0.5, 0.6) is 5.75 Å². The number of sulfonamides is 1. The second-order valence-electron chi connectivity index (χ2n) is 5.10. The van der Waals surface area contributed by atoms with Gasteiger partial charge < -0.3 is 15.0 Å². The third-order valence-electron chi connectivity index (χ3n) is 3.23. The average Bonchev–Trinajstić information content (AvgIpc) is 2.88. The van der Waals surface area contributed by atoms with E-state index >= 15 is 0 Å². The second kappa shape index (κ2) is 6.84. The zero-order valence-electron chi connectivity index (χ0n) is 12.9. The number of hydrogen-bond acceptors (Lipinski definition) is 4. The summed E-state index contributed by atoms with van der Waals surface area (Å²) in [4.78, 5) is 11.2. The van der Waals surface area contributed by atoms with E-state index in [9.17, 15) is 13.2 Å². The number of hydrogen-bond donors (Lipinski definition) is 2. The van der Waals surface area contributed by atoms with Crippen molar-refractivity contribution in [3.63, 3.8) is 0 Å². The van der Waals surface area contributed by atoms with Gasteiger partial charge in [-0.3, -0.25) is 4.79 Å². The highest BCUT2D eigenvalue weighted by Crippen LogP contribution is 2.13. The van der Waals surface area contributed by atoms with Crippen molar-refractivity contribution in [3.05, 3.63) is 47.8 Å². The monoisotopic (exact) mass is 337 g/mol. The Labute approximate surface area is 135 Å². The summed E-state index contributed by atoms with van der Waals surface area (Å²) in [7, 11) is -2.16. The Bertz CT molecular complexity index is 795. The number of ether oxygens (including phenoxy) is 1. The standard InChI is InChI=1S/C15H19N3O4S/c1-11-3-5-12(6-4-11)22-8-7-17-23(20,21)13-9-14(15(16)19)18(2)10-13/h3-6,9-10,17H,7-8H2,1-2H3,(H2,16,19). The zero-order chi connectivity index (χ0) is 17.0. The predicted octanol–water partition coefficient (Wildman–Crippen LogP) is 0.790. The van der Waals surface area contributed by atoms with Crippen molar-refractivity contribution in [2.24, 2.45) is 12.8 Å². The van der Waals surface area contributed by atoms with Gasteiger partial charge in [-0.05, 0) is 25.1 Å². The molecule has 1 aromatic carbocycles. The molecule has 124 valence electrons. The molecule has 0 bridgehead atoms. The quantitative estimate of drug-likeness (QED) is 0.729. The molecule has 0 aliphatic carbocycles. The van der Waals surface area contributed by atoms with Crippen LogP contribution in [0, 0.1) is 6.92 Å². The lowest BCUT2D eigenvalue weighted by molar-refractivity contribution is 0.0992. The maximum Gasteiger partial charge on any atom is 0.265 e. The largest absolute Gasteiger partial charge is 0.492 e. The Morgan fingerprint density at radius 2 is 1.96 bits per heavy atom. The van der Waals surface area contributed by atoms with Gasteiger partial charge in [-0.1, -0.05) is 17.7 Å². The molecule has 0 saturated heterocycles. The van der Waals surface area contributed by atoms with Crippen molar-refractivity contribution in [3.8, 4) is 5.75 Å². The molecule has 8 heteroatoms. The number of benzene rings is 1. The summed E-state index contributed by atoms with van der Waals surface area (Å²) in [6, 6.07) is 8.70. The first kappa shape index (κ1) is 17.0. The molecular formula is C15H19N3O4S. The fourth-order valence-corrected chi connectivity index (χ4v) is 3.07. The number of nitrogens with two attached hydrogens (primary N) is 1. The Morgan fingerprint density at radius 3 is 2.52 bits per heavy atom. The fourth-order valence-electron chi connectivity index (χ4n) is 1.99. The molecular weight excluding hydrogens is 318 g/mol. The van der Waals surface area contributed by atoms with E-state index in [-0.39, 0.29) is 23.7 Å². The first-order chi connectivity index (χ1) is 10.8. The fraction of sp³-hybridized carbons (Fsp3) is 0.267. The van der Waals surface area contributed by atoms with Crippen molar-refractivity contribution in [2.75, 3.05) is 13.2 Å². The van der Waals surface area contributed by atoms with E-state index in [0.717, 1.165) is 5.56 Å². The van der Waals surface area contributed by atoms with Crippen molar-refractivity contribution < 1.29 is 17.9 Å². The number of aryl methyl sites for hydroxylation is 2. The zero-order valence-corrected chi connectivity index (χ0v) is 13.8. The summed E-state index contributed by atoms with van der Waals surface area (Å²) in [5.41, 5.74) is 6.42. The van der Waals surface area contributed by atoms with Gasteiger partial charge in [-0.15, -0.1) is 0 Å². The van der Waals surface area contributed by atoms with E-state index in [0.29, 0.717) is 5.75 Å². The van der Waals surface area contributed by atoms with Gasteiger partial charge in [-0.2, -0.15) is 0 Å². The molecule has 2 rings (SSSR count). The highest BCUT2D eigenvalue weighted by molar-refractivity contribution is 7.89. The van der Waals surface area contributed by atoms with E-state index in [2.05, 4.69) is 4.72 Å². The van der Waals surface area contributed by atoms with Gasteiger partial charge in [-0.25, -0.2) is 13.1 Å². The van der Waals surface area contributed by atoms with Crippen LogP contribution in [-0.4, -0.2) is 32.0 Å². The molecule has 1 amide bonds. The van der Waals surface area contributed by atoms with Gasteiger partial charge in [0, 0.05) is 19.8 Å². The molecule has 0 radical (unpaired) electrons. The van der Waals surface area contributed by atoms with Crippen LogP contribution >= 0.6 is 0 Å². The van der Waals surface area contributed by atoms with Gasteiger partial charge in [0.05, 0.1) is 0 Å². The third-order valence-corrected chi connectivity index (χ3v) is 4.65. The summed E-state index contributed by atoms with van der Waals surface area (Å²) in [6.07, 6.45) is 1.34. The molecule has 23 heavy (non-hydrogen) atoms. The molecule has 1 aromatic heterocycles. The summed E-state index contributed by atoms with van der Waals surface area (Å²) in [5, 5.41) is 0. The van der Waals surface area contributed by atoms with Crippen LogP contribution in [0.25, 0.3) is 0 Å². The maximum absolute atomic E-state index is 12.1. The normalized spacial score (nSPS) is 11.4. The lowest BCUT2D eigenvalue weighted by Gasteiger charge is -2.07. The minimum atomic E-state index is -3.72. The Balaban J connectivity index is 1.92. The number of nitrogens with zero attached hydrogens (tertiary/aromatic N) is 1. The van der Waals surface area contributed by atoms with Crippen molar-refractivity contribution in [2.45, 2.75) is 11.8 Å². The molecule has 0 atom stereocenters. The van der Waals surface area contributed by atoms with Crippen LogP contribution in [0.2, 0.25) is 0 Å². The number of nitrogens with one attached hydrogen (secondary N) is 1. The summed E-state index contributed by atoms with van der Waals surface area (Å²) >= 11 is 0. The van der Waals surface area contributed by atoms with Gasteiger partial charge in [0.1, 0.15) is 22.9 Å². The molecule has 3 N–H and O–H groups in total. The molecule has 2 aromatic rings. The molecule has 0 spiro atoms. The number of carbonyl (C=O) groups excluding carboxylic acids is 1. The third kappa shape index (κ3) is 4.33. The van der Waals surface area contributed by atoms with Crippen LogP contribution < -0.4 is 15.2 Å². The predicted molar refractivity (Wildman–Crippen MR) is 85.8 cm³/mol. The Morgan fingerprint density at radius 1 is 1.30 bits per heavy atom. The summed E-state index contributed by atoms with van der Waals surface area (Å²) in [5.74, 6) is -0.0119. The smallest absolute Gasteiger partial charge is 0.265 e. The van der Waals surface area contributed by atoms with Gasteiger partial charge in [0.15, 0.2) is 0 Å².